The molecule has 1 saturated heterocycles. The van der Waals surface area contributed by atoms with Crippen LogP contribution >= 0.6 is 0 Å². The molecule has 1 aromatic carbocycles. The average Bonchev–Trinajstić information content (AvgIpc) is 3.29. The lowest BCUT2D eigenvalue weighted by molar-refractivity contribution is 0.161. The average molecular weight is 340 g/mol. The van der Waals surface area contributed by atoms with Gasteiger partial charge in [-0.1, -0.05) is 30.3 Å². The molecule has 2 aromatic rings. The molecule has 0 spiro atoms. The van der Waals surface area contributed by atoms with Gasteiger partial charge in [-0.25, -0.2) is 0 Å². The van der Waals surface area contributed by atoms with E-state index in [1.54, 1.807) is 4.68 Å². The zero-order valence-corrected chi connectivity index (χ0v) is 15.0. The maximum Gasteiger partial charge on any atom is 0.232 e. The van der Waals surface area contributed by atoms with E-state index >= 15 is 0 Å². The minimum absolute atomic E-state index is 0.673. The third-order valence-electron chi connectivity index (χ3n) is 5.40. The Bertz CT molecular complexity index is 663. The third kappa shape index (κ3) is 4.41. The number of hydrogen-bond acceptors (Lipinski definition) is 4. The van der Waals surface area contributed by atoms with E-state index in [1.165, 1.54) is 24.8 Å². The number of ether oxygens (including phenoxy) is 1. The minimum Gasteiger partial charge on any atom is -0.475 e. The van der Waals surface area contributed by atoms with E-state index in [2.05, 4.69) is 45.6 Å². The van der Waals surface area contributed by atoms with Gasteiger partial charge < -0.3 is 10.1 Å². The molecule has 1 aliphatic carbocycles. The highest BCUT2D eigenvalue weighted by Gasteiger charge is 2.39. The fraction of sp³-hybridized carbons (Fsp3) is 0.550. The molecule has 2 aliphatic rings. The van der Waals surface area contributed by atoms with Gasteiger partial charge >= 0.3 is 0 Å². The van der Waals surface area contributed by atoms with Gasteiger partial charge in [0.1, 0.15) is 6.61 Å². The second-order valence-corrected chi connectivity index (χ2v) is 7.32. The Morgan fingerprint density at radius 2 is 1.96 bits per heavy atom. The molecule has 2 fully saturated rings. The summed E-state index contributed by atoms with van der Waals surface area (Å²) in [6.07, 6.45) is 5.68. The summed E-state index contributed by atoms with van der Waals surface area (Å²) in [5.74, 6) is 1.45. The molecule has 0 radical (unpaired) electrons. The summed E-state index contributed by atoms with van der Waals surface area (Å²) >= 11 is 0. The molecule has 2 atom stereocenters. The van der Waals surface area contributed by atoms with Crippen LogP contribution in [0.4, 0.5) is 0 Å². The first kappa shape index (κ1) is 16.6. The van der Waals surface area contributed by atoms with Crippen LogP contribution in [0.15, 0.2) is 42.6 Å². The molecule has 1 unspecified atom stereocenters. The van der Waals surface area contributed by atoms with Crippen LogP contribution in [0.2, 0.25) is 0 Å². The molecular weight excluding hydrogens is 312 g/mol. The smallest absolute Gasteiger partial charge is 0.232 e. The highest BCUT2D eigenvalue weighted by Crippen LogP contribution is 2.41. The largest absolute Gasteiger partial charge is 0.475 e. The summed E-state index contributed by atoms with van der Waals surface area (Å²) in [5.41, 5.74) is 1.49. The number of likely N-dealkylation sites (tertiary alicyclic amines) is 1. The van der Waals surface area contributed by atoms with Crippen LogP contribution in [-0.4, -0.2) is 53.0 Å². The second-order valence-electron chi connectivity index (χ2n) is 7.32. The fourth-order valence-corrected chi connectivity index (χ4v) is 3.82. The van der Waals surface area contributed by atoms with Gasteiger partial charge in [-0.15, -0.1) is 5.10 Å². The zero-order chi connectivity index (χ0) is 17.1. The number of benzene rings is 1. The molecule has 134 valence electrons. The number of rotatable bonds is 7. The molecule has 0 amide bonds. The van der Waals surface area contributed by atoms with Crippen molar-refractivity contribution >= 4 is 0 Å². The van der Waals surface area contributed by atoms with E-state index in [0.29, 0.717) is 18.7 Å². The summed E-state index contributed by atoms with van der Waals surface area (Å²) in [7, 11) is 1.91. The van der Waals surface area contributed by atoms with Gasteiger partial charge in [0.15, 0.2) is 0 Å². The molecule has 1 saturated carbocycles. The lowest BCUT2D eigenvalue weighted by atomic mass is 10.0. The van der Waals surface area contributed by atoms with Crippen molar-refractivity contribution in [2.45, 2.75) is 37.3 Å². The van der Waals surface area contributed by atoms with Crippen LogP contribution in [0.5, 0.6) is 5.88 Å². The van der Waals surface area contributed by atoms with Crippen LogP contribution in [-0.2, 0) is 7.05 Å². The predicted molar refractivity (Wildman–Crippen MR) is 98.9 cm³/mol. The molecule has 1 aliphatic heterocycles. The van der Waals surface area contributed by atoms with Crippen LogP contribution in [0.3, 0.4) is 0 Å². The molecule has 0 bridgehead atoms. The van der Waals surface area contributed by atoms with Gasteiger partial charge in [0.2, 0.25) is 5.88 Å². The Kier molecular flexibility index (Phi) is 5.04. The predicted octanol–water partition coefficient (Wildman–Crippen LogP) is 2.41. The van der Waals surface area contributed by atoms with Crippen molar-refractivity contribution < 1.29 is 4.74 Å². The van der Waals surface area contributed by atoms with E-state index < -0.39 is 0 Å². The summed E-state index contributed by atoms with van der Waals surface area (Å²) in [6.45, 7) is 4.02. The molecular formula is C20H28N4O. The van der Waals surface area contributed by atoms with Crippen molar-refractivity contribution in [1.29, 1.82) is 0 Å². The molecule has 5 heteroatoms. The Balaban J connectivity index is 1.13. The minimum atomic E-state index is 0.673. The van der Waals surface area contributed by atoms with Gasteiger partial charge in [0, 0.05) is 43.9 Å². The van der Waals surface area contributed by atoms with Gasteiger partial charge in [-0.3, -0.25) is 9.58 Å². The van der Waals surface area contributed by atoms with Crippen molar-refractivity contribution in [3.63, 3.8) is 0 Å². The maximum atomic E-state index is 5.70. The lowest BCUT2D eigenvalue weighted by Gasteiger charge is -2.32. The van der Waals surface area contributed by atoms with Crippen molar-refractivity contribution in [2.24, 2.45) is 7.05 Å². The zero-order valence-electron chi connectivity index (χ0n) is 15.0. The summed E-state index contributed by atoms with van der Waals surface area (Å²) in [6, 6.07) is 14.2. The standard InChI is InChI=1S/C20H28N4O/c1-23-10-9-20(22-23)25-14-13-24-11-7-17(8-12-24)21-19-15-18(19)16-5-3-2-4-6-16/h2-6,9-10,17-19,21H,7-8,11-15H2,1H3/t18?,19-/m1/s1. The molecule has 5 nitrogen and oxygen atoms in total. The van der Waals surface area contributed by atoms with E-state index in [9.17, 15) is 0 Å². The normalized spacial score (nSPS) is 24.4. The van der Waals surface area contributed by atoms with Gasteiger partial charge in [-0.05, 0) is 37.9 Å². The quantitative estimate of drug-likeness (QED) is 0.840. The van der Waals surface area contributed by atoms with Crippen LogP contribution in [0.1, 0.15) is 30.7 Å². The Hall–Kier alpha value is -1.85. The van der Waals surface area contributed by atoms with Crippen LogP contribution in [0.25, 0.3) is 0 Å². The molecule has 4 rings (SSSR count). The maximum absolute atomic E-state index is 5.70. The lowest BCUT2D eigenvalue weighted by Crippen LogP contribution is -2.44. The SMILES string of the molecule is Cn1ccc(OCCN2CCC(N[C@@H]3CC3c3ccccc3)CC2)n1. The first-order valence-electron chi connectivity index (χ1n) is 9.44. The second kappa shape index (κ2) is 7.58. The van der Waals surface area contributed by atoms with Gasteiger partial charge in [-0.2, -0.15) is 0 Å². The summed E-state index contributed by atoms with van der Waals surface area (Å²) in [4.78, 5) is 2.50. The summed E-state index contributed by atoms with van der Waals surface area (Å²) in [5, 5.41) is 8.12. The highest BCUT2D eigenvalue weighted by molar-refractivity contribution is 5.27. The van der Waals surface area contributed by atoms with Gasteiger partial charge in [0.25, 0.3) is 0 Å². The first-order valence-corrected chi connectivity index (χ1v) is 9.44. The van der Waals surface area contributed by atoms with Crippen molar-refractivity contribution in [3.05, 3.63) is 48.2 Å². The Labute approximate surface area is 150 Å². The van der Waals surface area contributed by atoms with E-state index in [0.717, 1.165) is 31.4 Å². The third-order valence-corrected chi connectivity index (χ3v) is 5.40. The number of aromatic nitrogens is 2. The van der Waals surface area contributed by atoms with Crippen molar-refractivity contribution in [2.75, 3.05) is 26.2 Å². The molecule has 25 heavy (non-hydrogen) atoms. The van der Waals surface area contributed by atoms with Crippen LogP contribution in [0, 0.1) is 0 Å². The number of aryl methyl sites for hydroxylation is 1. The fourth-order valence-electron chi connectivity index (χ4n) is 3.82. The van der Waals surface area contributed by atoms with E-state index in [4.69, 9.17) is 4.74 Å². The number of piperidine rings is 1. The number of hydrogen-bond donors (Lipinski definition) is 1. The van der Waals surface area contributed by atoms with E-state index in [1.807, 2.05) is 19.3 Å². The van der Waals surface area contributed by atoms with Crippen molar-refractivity contribution in [3.8, 4) is 5.88 Å². The highest BCUT2D eigenvalue weighted by atomic mass is 16.5. The first-order chi connectivity index (χ1) is 12.3. The topological polar surface area (TPSA) is 42.3 Å². The van der Waals surface area contributed by atoms with E-state index in [-0.39, 0.29) is 0 Å². The Morgan fingerprint density at radius 1 is 1.16 bits per heavy atom. The monoisotopic (exact) mass is 340 g/mol. The van der Waals surface area contributed by atoms with Crippen molar-refractivity contribution in [1.82, 2.24) is 20.0 Å². The number of nitrogens with one attached hydrogen (secondary N) is 1. The van der Waals surface area contributed by atoms with Crippen LogP contribution < -0.4 is 10.1 Å². The molecule has 1 N–H and O–H groups in total. The van der Waals surface area contributed by atoms with Gasteiger partial charge in [0.05, 0.1) is 0 Å². The molecule has 1 aromatic heterocycles. The molecule has 2 heterocycles. The summed E-state index contributed by atoms with van der Waals surface area (Å²) < 4.78 is 7.48. The number of nitrogens with zero attached hydrogens (tertiary/aromatic N) is 3. The Morgan fingerprint density at radius 3 is 2.68 bits per heavy atom.